The Morgan fingerprint density at radius 1 is 2.25 bits per heavy atom. The Bertz CT molecular complexity index is 132. The van der Waals surface area contributed by atoms with E-state index in [9.17, 15) is 0 Å². The maximum absolute atomic E-state index is 6.99. The molecule has 0 saturated carbocycles. The molecule has 1 aliphatic rings. The van der Waals surface area contributed by atoms with E-state index in [1.807, 2.05) is 0 Å². The van der Waals surface area contributed by atoms with E-state index < -0.39 is 0 Å². The normalized spacial score (nSPS) is 31.5. The van der Waals surface area contributed by atoms with Gasteiger partial charge in [0.2, 0.25) is 0 Å². The third-order valence-corrected chi connectivity index (χ3v) is 0.892. The fourth-order valence-corrected chi connectivity index (χ4v) is 0.414. The molecule has 1 unspecified atom stereocenters. The Morgan fingerprint density at radius 2 is 3.12 bits per heavy atom. The number of hydrogen-bond donors (Lipinski definition) is 0. The van der Waals surface area contributed by atoms with Crippen LogP contribution in [-0.4, -0.2) is 25.9 Å². The van der Waals surface area contributed by atoms with Gasteiger partial charge in [-0.2, -0.15) is 0 Å². The van der Waals surface area contributed by atoms with E-state index in [2.05, 4.69) is 0 Å². The average Bonchev–Trinajstić information content (AvgIpc) is 2.71. The summed E-state index contributed by atoms with van der Waals surface area (Å²) in [6, 6.07) is 0.195. The molecule has 0 bridgehead atoms. The third-order valence-electron chi connectivity index (χ3n) is 0.892. The fourth-order valence-electron chi connectivity index (χ4n) is 0.414. The molecule has 1 atom stereocenters. The van der Waals surface area contributed by atoms with E-state index in [1.54, 1.807) is 0 Å². The van der Waals surface area contributed by atoms with Crippen molar-refractivity contribution in [2.24, 2.45) is 0 Å². The van der Waals surface area contributed by atoms with Crippen molar-refractivity contribution < 1.29 is 12.2 Å². The summed E-state index contributed by atoms with van der Waals surface area (Å²) in [5, 5.41) is 0. The van der Waals surface area contributed by atoms with Crippen LogP contribution < -0.4 is 0 Å². The van der Waals surface area contributed by atoms with Crippen molar-refractivity contribution in [1.82, 2.24) is 0 Å². The number of rotatable bonds is 4. The van der Waals surface area contributed by atoms with Crippen molar-refractivity contribution in [2.45, 2.75) is 6.10 Å². The second-order valence-corrected chi connectivity index (χ2v) is 1.67. The molecule has 0 aromatic rings. The first kappa shape index (κ1) is 3.64. The maximum atomic E-state index is 6.99. The van der Waals surface area contributed by atoms with E-state index in [1.165, 1.54) is 0 Å². The molecular formula is C6H10O2. The molecule has 2 heteroatoms. The van der Waals surface area contributed by atoms with Gasteiger partial charge >= 0.3 is 0 Å². The molecule has 0 N–H and O–H groups in total. The van der Waals surface area contributed by atoms with Crippen molar-refractivity contribution in [3.63, 3.8) is 0 Å². The van der Waals surface area contributed by atoms with Gasteiger partial charge in [-0.3, -0.25) is 0 Å². The zero-order chi connectivity index (χ0) is 7.40. The lowest BCUT2D eigenvalue weighted by atomic mass is 10.5. The highest BCUT2D eigenvalue weighted by Crippen LogP contribution is 2.07. The van der Waals surface area contributed by atoms with Crippen LogP contribution in [0.2, 0.25) is 0 Å². The molecule has 2 nitrogen and oxygen atoms in total. The molecule has 0 aliphatic carbocycles. The minimum Gasteiger partial charge on any atom is -0.375 e. The van der Waals surface area contributed by atoms with Crippen LogP contribution >= 0.6 is 0 Å². The number of ether oxygens (including phenoxy) is 2. The molecule has 1 rings (SSSR count). The second-order valence-electron chi connectivity index (χ2n) is 1.67. The smallest absolute Gasteiger partial charge is 0.104 e. The molecular weight excluding hydrogens is 104 g/mol. The first-order valence-corrected chi connectivity index (χ1v) is 2.56. The fraction of sp³-hybridized carbons (Fsp3) is 0.667. The van der Waals surface area contributed by atoms with Gasteiger partial charge in [0.1, 0.15) is 6.10 Å². The van der Waals surface area contributed by atoms with E-state index in [4.69, 9.17) is 12.2 Å². The Hall–Kier alpha value is -0.340. The lowest BCUT2D eigenvalue weighted by molar-refractivity contribution is 0.141. The molecule has 0 radical (unpaired) electrons. The Balaban J connectivity index is 1.93. The van der Waals surface area contributed by atoms with Crippen LogP contribution in [0.3, 0.4) is 0 Å². The maximum Gasteiger partial charge on any atom is 0.104 e. The Labute approximate surface area is 51.9 Å². The molecule has 1 fully saturated rings. The van der Waals surface area contributed by atoms with Gasteiger partial charge in [-0.15, -0.1) is 6.55 Å². The highest BCUT2D eigenvalue weighted by Gasteiger charge is 2.21. The molecule has 0 amide bonds. The number of hydrogen-bond acceptors (Lipinski definition) is 2. The van der Waals surface area contributed by atoms with Gasteiger partial charge in [-0.25, -0.2) is 0 Å². The summed E-state index contributed by atoms with van der Waals surface area (Å²) in [4.78, 5) is 0. The van der Waals surface area contributed by atoms with E-state index in [-0.39, 0.29) is 18.8 Å². The summed E-state index contributed by atoms with van der Waals surface area (Å²) in [6.07, 6.45) is 0.249. The largest absolute Gasteiger partial charge is 0.375 e. The predicted molar refractivity (Wildman–Crippen MR) is 30.8 cm³/mol. The molecule has 1 aliphatic heterocycles. The molecule has 46 valence electrons. The van der Waals surface area contributed by atoms with Gasteiger partial charge < -0.3 is 9.47 Å². The van der Waals surface area contributed by atoms with Crippen LogP contribution in [-0.2, 0) is 9.47 Å². The van der Waals surface area contributed by atoms with Crippen LogP contribution in [0.5, 0.6) is 0 Å². The van der Waals surface area contributed by atoms with Gasteiger partial charge in [-0.1, -0.05) is 6.05 Å². The third kappa shape index (κ3) is 2.09. The van der Waals surface area contributed by atoms with Gasteiger partial charge in [0, 0.05) is 0 Å². The summed E-state index contributed by atoms with van der Waals surface area (Å²) < 4.78 is 23.5. The van der Waals surface area contributed by atoms with Crippen LogP contribution in [0.4, 0.5) is 0 Å². The van der Waals surface area contributed by atoms with Crippen molar-refractivity contribution >= 4 is 0 Å². The topological polar surface area (TPSA) is 21.8 Å². The monoisotopic (exact) mass is 116 g/mol. The van der Waals surface area contributed by atoms with Crippen LogP contribution in [0.1, 0.15) is 2.74 Å². The summed E-state index contributed by atoms with van der Waals surface area (Å²) in [6.45, 7) is 2.53. The average molecular weight is 116 g/mol. The molecule has 8 heavy (non-hydrogen) atoms. The van der Waals surface area contributed by atoms with Gasteiger partial charge in [-0.05, 0) is 0 Å². The highest BCUT2D eigenvalue weighted by molar-refractivity contribution is 4.70. The minimum atomic E-state index is 0.195. The predicted octanol–water partition coefficient (Wildman–Crippen LogP) is 0.588. The summed E-state index contributed by atoms with van der Waals surface area (Å²) in [7, 11) is 0. The molecule has 0 aromatic carbocycles. The Morgan fingerprint density at radius 3 is 3.75 bits per heavy atom. The van der Waals surface area contributed by atoms with Crippen molar-refractivity contribution in [2.75, 3.05) is 19.8 Å². The van der Waals surface area contributed by atoms with E-state index in [0.29, 0.717) is 6.61 Å². The van der Waals surface area contributed by atoms with Gasteiger partial charge in [0.15, 0.2) is 0 Å². The van der Waals surface area contributed by atoms with Gasteiger partial charge in [0.25, 0.3) is 0 Å². The van der Waals surface area contributed by atoms with Crippen molar-refractivity contribution in [1.29, 1.82) is 0 Å². The quantitative estimate of drug-likeness (QED) is 0.396. The first-order chi connectivity index (χ1) is 4.83. The molecule has 0 spiro atoms. The van der Waals surface area contributed by atoms with Crippen LogP contribution in [0.25, 0.3) is 0 Å². The molecule has 1 heterocycles. The SMILES string of the molecule is [2H]/C=C(\[2H])COCC1CO1. The van der Waals surface area contributed by atoms with E-state index >= 15 is 0 Å². The highest BCUT2D eigenvalue weighted by atomic mass is 16.6. The van der Waals surface area contributed by atoms with Crippen molar-refractivity contribution in [3.8, 4) is 0 Å². The van der Waals surface area contributed by atoms with Gasteiger partial charge in [0.05, 0.1) is 22.6 Å². The summed E-state index contributed by atoms with van der Waals surface area (Å²) >= 11 is 0. The molecule has 0 aromatic heterocycles. The molecule has 1 saturated heterocycles. The Kier molecular flexibility index (Phi) is 1.29. The lowest BCUT2D eigenvalue weighted by Crippen LogP contribution is -2.00. The van der Waals surface area contributed by atoms with Crippen molar-refractivity contribution in [3.05, 3.63) is 12.6 Å². The van der Waals surface area contributed by atoms with E-state index in [0.717, 1.165) is 13.2 Å². The van der Waals surface area contributed by atoms with Crippen LogP contribution in [0.15, 0.2) is 12.6 Å². The standard InChI is InChI=1S/C6H10O2/c1-2-3-7-4-6-5-8-6/h2,6H,1,3-5H2/i1D,2D/b2-1+. The first-order valence-electron chi connectivity index (χ1n) is 3.64. The lowest BCUT2D eigenvalue weighted by Gasteiger charge is -1.92. The summed E-state index contributed by atoms with van der Waals surface area (Å²) in [5.41, 5.74) is 0. The van der Waals surface area contributed by atoms with Crippen LogP contribution in [0, 0.1) is 0 Å². The zero-order valence-electron chi connectivity index (χ0n) is 6.59. The summed E-state index contributed by atoms with van der Waals surface area (Å²) in [5.74, 6) is 0. The zero-order valence-corrected chi connectivity index (χ0v) is 4.59. The minimum absolute atomic E-state index is 0.195. The number of epoxide rings is 1. The second kappa shape index (κ2) is 2.84.